The minimum absolute atomic E-state index is 0.0199. The molecule has 0 saturated heterocycles. The van der Waals surface area contributed by atoms with E-state index in [-0.39, 0.29) is 28.6 Å². The molecule has 13 heavy (non-hydrogen) atoms. The lowest BCUT2D eigenvalue weighted by Crippen LogP contribution is -2.07. The van der Waals surface area contributed by atoms with E-state index in [1.54, 1.807) is 0 Å². The third kappa shape index (κ3) is 2.05. The summed E-state index contributed by atoms with van der Waals surface area (Å²) in [5.74, 6) is 0.0199. The van der Waals surface area contributed by atoms with E-state index in [2.05, 4.69) is 4.98 Å². The molecule has 0 atom stereocenters. The zero-order valence-electron chi connectivity index (χ0n) is 6.60. The molecule has 1 heterocycles. The molecule has 1 aromatic heterocycles. The molecule has 0 aliphatic carbocycles. The van der Waals surface area contributed by atoms with Crippen molar-refractivity contribution in [2.75, 3.05) is 5.73 Å². The molecule has 0 bridgehead atoms. The van der Waals surface area contributed by atoms with Crippen LogP contribution in [0.5, 0.6) is 0 Å². The number of aromatic nitrogens is 1. The Morgan fingerprint density at radius 2 is 2.15 bits per heavy atom. The van der Waals surface area contributed by atoms with Crippen molar-refractivity contribution < 1.29 is 8.78 Å². The summed E-state index contributed by atoms with van der Waals surface area (Å²) in [6.45, 7) is -0.0823. The fraction of sp³-hybridized carbons (Fsp3) is 0.286. The van der Waals surface area contributed by atoms with Gasteiger partial charge in [-0.2, -0.15) is 0 Å². The van der Waals surface area contributed by atoms with Gasteiger partial charge in [-0.25, -0.2) is 13.8 Å². The fourth-order valence-corrected chi connectivity index (χ4v) is 1.07. The highest BCUT2D eigenvalue weighted by atomic mass is 35.5. The molecule has 4 N–H and O–H groups in total. The van der Waals surface area contributed by atoms with Gasteiger partial charge >= 0.3 is 0 Å². The monoisotopic (exact) mass is 207 g/mol. The van der Waals surface area contributed by atoms with Gasteiger partial charge in [-0.1, -0.05) is 11.6 Å². The van der Waals surface area contributed by atoms with Gasteiger partial charge in [-0.05, 0) is 6.07 Å². The summed E-state index contributed by atoms with van der Waals surface area (Å²) in [6, 6.07) is 1.09. The average molecular weight is 208 g/mol. The third-order valence-corrected chi connectivity index (χ3v) is 1.85. The molecule has 0 saturated carbocycles. The Morgan fingerprint density at radius 1 is 1.54 bits per heavy atom. The van der Waals surface area contributed by atoms with Crippen molar-refractivity contribution in [1.29, 1.82) is 0 Å². The summed E-state index contributed by atoms with van der Waals surface area (Å²) in [4.78, 5) is 3.65. The maximum absolute atomic E-state index is 12.3. The lowest BCUT2D eigenvalue weighted by Gasteiger charge is -2.07. The molecule has 72 valence electrons. The number of nitrogens with zero attached hydrogens (tertiary/aromatic N) is 1. The van der Waals surface area contributed by atoms with Gasteiger partial charge in [0.15, 0.2) is 0 Å². The lowest BCUT2D eigenvalue weighted by molar-refractivity contribution is 0.149. The number of anilines is 1. The van der Waals surface area contributed by atoms with Gasteiger partial charge < -0.3 is 11.5 Å². The lowest BCUT2D eigenvalue weighted by atomic mass is 10.2. The number of nitrogens with two attached hydrogens (primary N) is 2. The Morgan fingerprint density at radius 3 is 2.62 bits per heavy atom. The van der Waals surface area contributed by atoms with Crippen LogP contribution in [0.25, 0.3) is 0 Å². The molecule has 0 aromatic carbocycles. The summed E-state index contributed by atoms with van der Waals surface area (Å²) < 4.78 is 24.7. The highest BCUT2D eigenvalue weighted by Gasteiger charge is 2.15. The second-order valence-electron chi connectivity index (χ2n) is 2.40. The summed E-state index contributed by atoms with van der Waals surface area (Å²) in [5.41, 5.74) is 10.4. The summed E-state index contributed by atoms with van der Waals surface area (Å²) in [7, 11) is 0. The molecule has 1 aromatic rings. The highest BCUT2D eigenvalue weighted by Crippen LogP contribution is 2.27. The normalized spacial score (nSPS) is 10.8. The van der Waals surface area contributed by atoms with Crippen LogP contribution < -0.4 is 11.5 Å². The molecule has 0 unspecified atom stereocenters. The maximum atomic E-state index is 12.3. The third-order valence-electron chi connectivity index (χ3n) is 1.54. The molecule has 0 radical (unpaired) electrons. The number of pyridine rings is 1. The fourth-order valence-electron chi connectivity index (χ4n) is 0.910. The van der Waals surface area contributed by atoms with Crippen molar-refractivity contribution in [2.45, 2.75) is 13.0 Å². The Labute approximate surface area is 78.7 Å². The standard InChI is InChI=1S/C7H8ClF2N3/c8-4-1-3(6(9)10)5(2-11)13-7(4)12/h1,6H,2,11H2,(H2,12,13). The zero-order valence-corrected chi connectivity index (χ0v) is 7.35. The molecule has 3 nitrogen and oxygen atoms in total. The van der Waals surface area contributed by atoms with Crippen molar-refractivity contribution in [1.82, 2.24) is 4.98 Å². The Hall–Kier alpha value is -0.940. The highest BCUT2D eigenvalue weighted by molar-refractivity contribution is 6.32. The predicted octanol–water partition coefficient (Wildman–Crippen LogP) is 1.71. The van der Waals surface area contributed by atoms with E-state index < -0.39 is 6.43 Å². The first-order valence-corrected chi connectivity index (χ1v) is 3.87. The van der Waals surface area contributed by atoms with Crippen molar-refractivity contribution in [2.24, 2.45) is 5.73 Å². The molecular formula is C7H8ClF2N3. The van der Waals surface area contributed by atoms with Crippen LogP contribution >= 0.6 is 11.6 Å². The largest absolute Gasteiger partial charge is 0.382 e. The SMILES string of the molecule is NCc1nc(N)c(Cl)cc1C(F)F. The van der Waals surface area contributed by atoms with E-state index >= 15 is 0 Å². The zero-order chi connectivity index (χ0) is 10.0. The minimum atomic E-state index is -2.64. The Bertz CT molecular complexity index is 317. The van der Waals surface area contributed by atoms with Gasteiger partial charge in [0.25, 0.3) is 6.43 Å². The number of nitrogen functional groups attached to an aromatic ring is 1. The first-order chi connectivity index (χ1) is 6.06. The topological polar surface area (TPSA) is 64.9 Å². The van der Waals surface area contributed by atoms with E-state index in [1.165, 1.54) is 0 Å². The van der Waals surface area contributed by atoms with E-state index in [1.807, 2.05) is 0 Å². The number of halogens is 3. The second kappa shape index (κ2) is 3.85. The quantitative estimate of drug-likeness (QED) is 0.776. The molecule has 0 spiro atoms. The van der Waals surface area contributed by atoms with Gasteiger partial charge in [0.2, 0.25) is 0 Å². The van der Waals surface area contributed by atoms with Crippen LogP contribution in [0, 0.1) is 0 Å². The van der Waals surface area contributed by atoms with E-state index in [4.69, 9.17) is 23.1 Å². The summed E-state index contributed by atoms with van der Waals surface area (Å²) >= 11 is 5.53. The van der Waals surface area contributed by atoms with Gasteiger partial charge in [-0.15, -0.1) is 0 Å². The minimum Gasteiger partial charge on any atom is -0.382 e. The van der Waals surface area contributed by atoms with Crippen LogP contribution in [0.2, 0.25) is 5.02 Å². The molecule has 0 fully saturated rings. The van der Waals surface area contributed by atoms with Crippen LogP contribution in [0.4, 0.5) is 14.6 Å². The molecular weight excluding hydrogens is 200 g/mol. The van der Waals surface area contributed by atoms with Crippen LogP contribution in [-0.2, 0) is 6.54 Å². The van der Waals surface area contributed by atoms with Crippen LogP contribution in [-0.4, -0.2) is 4.98 Å². The maximum Gasteiger partial charge on any atom is 0.265 e. The molecule has 0 aliphatic rings. The Kier molecular flexibility index (Phi) is 3.00. The number of hydrogen-bond acceptors (Lipinski definition) is 3. The molecule has 1 rings (SSSR count). The van der Waals surface area contributed by atoms with Gasteiger partial charge in [0, 0.05) is 12.1 Å². The number of alkyl halides is 2. The number of rotatable bonds is 2. The first kappa shape index (κ1) is 10.1. The van der Waals surface area contributed by atoms with Crippen molar-refractivity contribution in [3.63, 3.8) is 0 Å². The molecule has 0 aliphatic heterocycles. The van der Waals surface area contributed by atoms with Crippen molar-refractivity contribution in [3.05, 3.63) is 22.3 Å². The second-order valence-corrected chi connectivity index (χ2v) is 2.80. The predicted molar refractivity (Wildman–Crippen MR) is 46.5 cm³/mol. The summed E-state index contributed by atoms with van der Waals surface area (Å²) in [6.07, 6.45) is -2.64. The smallest absolute Gasteiger partial charge is 0.265 e. The van der Waals surface area contributed by atoms with Crippen molar-refractivity contribution in [3.8, 4) is 0 Å². The first-order valence-electron chi connectivity index (χ1n) is 3.49. The van der Waals surface area contributed by atoms with Crippen LogP contribution in [0.1, 0.15) is 17.7 Å². The van der Waals surface area contributed by atoms with Gasteiger partial charge in [0.05, 0.1) is 10.7 Å². The van der Waals surface area contributed by atoms with E-state index in [9.17, 15) is 8.78 Å². The van der Waals surface area contributed by atoms with E-state index in [0.717, 1.165) is 6.07 Å². The van der Waals surface area contributed by atoms with Crippen LogP contribution in [0.3, 0.4) is 0 Å². The van der Waals surface area contributed by atoms with Crippen LogP contribution in [0.15, 0.2) is 6.07 Å². The Balaban J connectivity index is 3.25. The van der Waals surface area contributed by atoms with Gasteiger partial charge in [0.1, 0.15) is 5.82 Å². The van der Waals surface area contributed by atoms with Crippen molar-refractivity contribution >= 4 is 17.4 Å². The molecule has 0 amide bonds. The van der Waals surface area contributed by atoms with Gasteiger partial charge in [-0.3, -0.25) is 0 Å². The average Bonchev–Trinajstić information content (AvgIpc) is 2.08. The summed E-state index contributed by atoms with van der Waals surface area (Å²) in [5, 5.41) is 0.0208. The van der Waals surface area contributed by atoms with E-state index in [0.29, 0.717) is 0 Å². The number of hydrogen-bond donors (Lipinski definition) is 2. The molecule has 6 heteroatoms.